The van der Waals surface area contributed by atoms with Crippen molar-refractivity contribution in [3.8, 4) is 34.1 Å². The number of carbonyl (C=O) groups is 1. The fourth-order valence-corrected chi connectivity index (χ4v) is 2.25. The van der Waals surface area contributed by atoms with Gasteiger partial charge in [-0.3, -0.25) is 4.79 Å². The van der Waals surface area contributed by atoms with Crippen LogP contribution in [0.15, 0.2) is 30.3 Å². The molecule has 0 fully saturated rings. The van der Waals surface area contributed by atoms with Crippen molar-refractivity contribution in [2.75, 3.05) is 28.4 Å². The Morgan fingerprint density at radius 1 is 0.727 bits per heavy atom. The Hall–Kier alpha value is -2.69. The molecule has 5 nitrogen and oxygen atoms in total. The third-order valence-electron chi connectivity index (χ3n) is 3.35. The van der Waals surface area contributed by atoms with Gasteiger partial charge in [-0.1, -0.05) is 6.07 Å². The van der Waals surface area contributed by atoms with Crippen molar-refractivity contribution in [3.63, 3.8) is 0 Å². The van der Waals surface area contributed by atoms with Crippen LogP contribution < -0.4 is 18.9 Å². The maximum absolute atomic E-state index is 11.2. The zero-order chi connectivity index (χ0) is 16.1. The molecular weight excluding hydrogens is 284 g/mol. The highest BCUT2D eigenvalue weighted by molar-refractivity contribution is 5.83. The van der Waals surface area contributed by atoms with Crippen LogP contribution in [0, 0.1) is 0 Å². The Balaban J connectivity index is 2.59. The first-order valence-electron chi connectivity index (χ1n) is 6.62. The molecule has 2 aromatic rings. The van der Waals surface area contributed by atoms with E-state index in [9.17, 15) is 4.79 Å². The molecule has 22 heavy (non-hydrogen) atoms. The average molecular weight is 302 g/mol. The molecule has 0 amide bonds. The normalized spacial score (nSPS) is 10.0. The van der Waals surface area contributed by atoms with Crippen LogP contribution in [0.5, 0.6) is 23.0 Å². The molecule has 2 rings (SSSR count). The molecule has 0 bridgehead atoms. The van der Waals surface area contributed by atoms with Crippen LogP contribution in [0.2, 0.25) is 0 Å². The third kappa shape index (κ3) is 2.83. The number of methoxy groups -OCH3 is 4. The van der Waals surface area contributed by atoms with Gasteiger partial charge in [0.2, 0.25) is 5.75 Å². The van der Waals surface area contributed by atoms with Crippen LogP contribution in [-0.4, -0.2) is 34.7 Å². The number of hydrogen-bond acceptors (Lipinski definition) is 5. The quantitative estimate of drug-likeness (QED) is 0.767. The molecule has 0 spiro atoms. The Kier molecular flexibility index (Phi) is 4.88. The number of hydrogen-bond donors (Lipinski definition) is 0. The van der Waals surface area contributed by atoms with Gasteiger partial charge in [0.1, 0.15) is 5.75 Å². The summed E-state index contributed by atoms with van der Waals surface area (Å²) in [6.45, 7) is 0. The van der Waals surface area contributed by atoms with Crippen molar-refractivity contribution in [1.82, 2.24) is 0 Å². The smallest absolute Gasteiger partial charge is 0.203 e. The van der Waals surface area contributed by atoms with Crippen LogP contribution >= 0.6 is 0 Å². The molecule has 0 atom stereocenters. The Labute approximate surface area is 129 Å². The lowest BCUT2D eigenvalue weighted by Gasteiger charge is -2.14. The maximum atomic E-state index is 11.2. The highest BCUT2D eigenvalue weighted by Gasteiger charge is 2.15. The molecule has 0 heterocycles. The van der Waals surface area contributed by atoms with Crippen LogP contribution in [0.3, 0.4) is 0 Å². The highest BCUT2D eigenvalue weighted by Crippen LogP contribution is 2.41. The van der Waals surface area contributed by atoms with E-state index >= 15 is 0 Å². The van der Waals surface area contributed by atoms with Gasteiger partial charge >= 0.3 is 0 Å². The Bertz CT molecular complexity index is 654. The SMILES string of the molecule is COc1ccc(-c2cc(OC)c(OC)c(OC)c2)cc1C=O. The number of benzene rings is 2. The summed E-state index contributed by atoms with van der Waals surface area (Å²) >= 11 is 0. The molecule has 0 aliphatic rings. The van der Waals surface area contributed by atoms with E-state index in [1.54, 1.807) is 33.5 Å². The minimum Gasteiger partial charge on any atom is -0.496 e. The number of ether oxygens (including phenoxy) is 4. The van der Waals surface area contributed by atoms with Gasteiger partial charge in [0.25, 0.3) is 0 Å². The zero-order valence-corrected chi connectivity index (χ0v) is 13.0. The molecule has 0 saturated heterocycles. The van der Waals surface area contributed by atoms with E-state index in [-0.39, 0.29) is 0 Å². The third-order valence-corrected chi connectivity index (χ3v) is 3.35. The Morgan fingerprint density at radius 3 is 1.77 bits per heavy atom. The lowest BCUT2D eigenvalue weighted by Crippen LogP contribution is -1.96. The topological polar surface area (TPSA) is 54.0 Å². The first-order chi connectivity index (χ1) is 10.7. The van der Waals surface area contributed by atoms with Gasteiger partial charge < -0.3 is 18.9 Å². The summed E-state index contributed by atoms with van der Waals surface area (Å²) in [6, 6.07) is 9.04. The Morgan fingerprint density at radius 2 is 1.32 bits per heavy atom. The standard InChI is InChI=1S/C17H18O5/c1-19-14-6-5-11(7-13(14)10-18)12-8-15(20-2)17(22-4)16(9-12)21-3/h5-10H,1-4H3. The predicted molar refractivity (Wildman–Crippen MR) is 83.5 cm³/mol. The minimum atomic E-state index is 0.480. The summed E-state index contributed by atoms with van der Waals surface area (Å²) in [4.78, 5) is 11.2. The van der Waals surface area contributed by atoms with Crippen molar-refractivity contribution in [2.45, 2.75) is 0 Å². The molecular formula is C17H18O5. The summed E-state index contributed by atoms with van der Waals surface area (Å²) in [7, 11) is 6.21. The van der Waals surface area contributed by atoms with Gasteiger partial charge in [-0.25, -0.2) is 0 Å². The molecule has 0 aliphatic heterocycles. The summed E-state index contributed by atoms with van der Waals surface area (Å²) in [5.74, 6) is 2.17. The molecule has 0 aliphatic carbocycles. The fourth-order valence-electron chi connectivity index (χ4n) is 2.25. The summed E-state index contributed by atoms with van der Waals surface area (Å²) in [6.07, 6.45) is 0.764. The van der Waals surface area contributed by atoms with Crippen molar-refractivity contribution < 1.29 is 23.7 Å². The van der Waals surface area contributed by atoms with Gasteiger partial charge in [-0.05, 0) is 35.4 Å². The van der Waals surface area contributed by atoms with Gasteiger partial charge in [0.05, 0.1) is 34.0 Å². The van der Waals surface area contributed by atoms with Crippen molar-refractivity contribution in [1.29, 1.82) is 0 Å². The van der Waals surface area contributed by atoms with E-state index in [4.69, 9.17) is 18.9 Å². The molecule has 0 aromatic heterocycles. The summed E-state index contributed by atoms with van der Waals surface area (Å²) < 4.78 is 21.1. The van der Waals surface area contributed by atoms with E-state index in [0.717, 1.165) is 17.4 Å². The molecule has 0 unspecified atom stereocenters. The first kappa shape index (κ1) is 15.7. The molecule has 116 valence electrons. The van der Waals surface area contributed by atoms with Crippen molar-refractivity contribution in [2.24, 2.45) is 0 Å². The lowest BCUT2D eigenvalue weighted by molar-refractivity contribution is 0.112. The highest BCUT2D eigenvalue weighted by atomic mass is 16.5. The number of carbonyl (C=O) groups excluding carboxylic acids is 1. The second kappa shape index (κ2) is 6.85. The predicted octanol–water partition coefficient (Wildman–Crippen LogP) is 3.20. The monoisotopic (exact) mass is 302 g/mol. The van der Waals surface area contributed by atoms with Crippen LogP contribution in [0.25, 0.3) is 11.1 Å². The average Bonchev–Trinajstić information content (AvgIpc) is 2.59. The number of rotatable bonds is 6. The van der Waals surface area contributed by atoms with Gasteiger partial charge in [0, 0.05) is 0 Å². The van der Waals surface area contributed by atoms with Crippen LogP contribution in [0.4, 0.5) is 0 Å². The molecule has 2 aromatic carbocycles. The van der Waals surface area contributed by atoms with Crippen LogP contribution in [0.1, 0.15) is 10.4 Å². The van der Waals surface area contributed by atoms with E-state index in [1.165, 1.54) is 7.11 Å². The maximum Gasteiger partial charge on any atom is 0.203 e. The van der Waals surface area contributed by atoms with Crippen LogP contribution in [-0.2, 0) is 0 Å². The lowest BCUT2D eigenvalue weighted by atomic mass is 10.0. The zero-order valence-electron chi connectivity index (χ0n) is 13.0. The minimum absolute atomic E-state index is 0.480. The van der Waals surface area contributed by atoms with Gasteiger partial charge in [-0.2, -0.15) is 0 Å². The summed E-state index contributed by atoms with van der Waals surface area (Å²) in [5.41, 5.74) is 2.18. The second-order valence-corrected chi connectivity index (χ2v) is 4.49. The largest absolute Gasteiger partial charge is 0.496 e. The van der Waals surface area contributed by atoms with E-state index in [1.807, 2.05) is 18.2 Å². The molecule has 5 heteroatoms. The second-order valence-electron chi connectivity index (χ2n) is 4.49. The van der Waals surface area contributed by atoms with E-state index < -0.39 is 0 Å². The summed E-state index contributed by atoms with van der Waals surface area (Å²) in [5, 5.41) is 0. The van der Waals surface area contributed by atoms with E-state index in [0.29, 0.717) is 28.6 Å². The number of aldehydes is 1. The van der Waals surface area contributed by atoms with Crippen molar-refractivity contribution >= 4 is 6.29 Å². The molecule has 0 radical (unpaired) electrons. The van der Waals surface area contributed by atoms with Crippen molar-refractivity contribution in [3.05, 3.63) is 35.9 Å². The van der Waals surface area contributed by atoms with E-state index in [2.05, 4.69) is 0 Å². The van der Waals surface area contributed by atoms with Gasteiger partial charge in [0.15, 0.2) is 17.8 Å². The molecule has 0 N–H and O–H groups in total. The molecule has 0 saturated carbocycles. The fraction of sp³-hybridized carbons (Fsp3) is 0.235. The first-order valence-corrected chi connectivity index (χ1v) is 6.62. The van der Waals surface area contributed by atoms with Gasteiger partial charge in [-0.15, -0.1) is 0 Å².